The van der Waals surface area contributed by atoms with Crippen molar-refractivity contribution in [2.24, 2.45) is 11.3 Å². The lowest BCUT2D eigenvalue weighted by Crippen LogP contribution is -2.59. The summed E-state index contributed by atoms with van der Waals surface area (Å²) in [6.45, 7) is 5.60. The Balaban J connectivity index is 1.93. The van der Waals surface area contributed by atoms with Crippen molar-refractivity contribution in [3.05, 3.63) is 35.6 Å². The fourth-order valence-electron chi connectivity index (χ4n) is 5.84. The molecule has 4 atom stereocenters. The monoisotopic (exact) mass is 370 g/mol. The molecule has 1 heterocycles. The van der Waals surface area contributed by atoms with Crippen LogP contribution in [0.5, 0.6) is 0 Å². The summed E-state index contributed by atoms with van der Waals surface area (Å²) in [5, 5.41) is 1.05. The van der Waals surface area contributed by atoms with Gasteiger partial charge in [0, 0.05) is 30.1 Å². The van der Waals surface area contributed by atoms with E-state index in [1.165, 1.54) is 25.2 Å². The second-order valence-electron chi connectivity index (χ2n) is 8.48. The first-order valence-electron chi connectivity index (χ1n) is 9.56. The van der Waals surface area contributed by atoms with E-state index in [1.54, 1.807) is 6.26 Å². The standard InChI is InChI=1S/C22H26O5/c1-13(23)27-18-11-15-10-14-6-9-26-17(14)12-16(15)21(2)7-5-8-22(3,19(18)21)20(24)25-4/h6,9-10,12,18-19H,5,7-8,11H2,1-4H3/t18-,19-,21-,22-/m1/s1. The number of fused-ring (bicyclic) bond motifs is 4. The first-order valence-corrected chi connectivity index (χ1v) is 9.56. The van der Waals surface area contributed by atoms with Crippen LogP contribution in [0, 0.1) is 11.3 Å². The molecule has 5 nitrogen and oxygen atoms in total. The molecular weight excluding hydrogens is 344 g/mol. The highest BCUT2D eigenvalue weighted by atomic mass is 16.5. The zero-order valence-electron chi connectivity index (χ0n) is 16.3. The SMILES string of the molecule is COC(=O)[C@]1(C)CCC[C@]2(C)c3cc4occc4cc3C[C@@H](OC(C)=O)[C@@H]12. The molecule has 144 valence electrons. The van der Waals surface area contributed by atoms with Gasteiger partial charge in [0.25, 0.3) is 0 Å². The minimum Gasteiger partial charge on any atom is -0.469 e. The highest BCUT2D eigenvalue weighted by Gasteiger charge is 2.60. The van der Waals surface area contributed by atoms with Crippen molar-refractivity contribution >= 4 is 22.9 Å². The molecule has 4 rings (SSSR count). The van der Waals surface area contributed by atoms with Crippen LogP contribution in [0.4, 0.5) is 0 Å². The Hall–Kier alpha value is -2.30. The van der Waals surface area contributed by atoms with E-state index in [-0.39, 0.29) is 29.4 Å². The molecular formula is C22H26O5. The third kappa shape index (κ3) is 2.59. The fourth-order valence-corrected chi connectivity index (χ4v) is 5.84. The second kappa shape index (κ2) is 6.11. The molecule has 0 N–H and O–H groups in total. The molecule has 5 heteroatoms. The largest absolute Gasteiger partial charge is 0.469 e. The molecule has 27 heavy (non-hydrogen) atoms. The summed E-state index contributed by atoms with van der Waals surface area (Å²) in [6, 6.07) is 6.20. The molecule has 1 aromatic carbocycles. The van der Waals surface area contributed by atoms with Crippen LogP contribution in [0.15, 0.2) is 28.9 Å². The number of rotatable bonds is 2. The summed E-state index contributed by atoms with van der Waals surface area (Å²) in [4.78, 5) is 24.7. The Morgan fingerprint density at radius 2 is 2.00 bits per heavy atom. The quantitative estimate of drug-likeness (QED) is 0.743. The third-order valence-electron chi connectivity index (χ3n) is 6.82. The first kappa shape index (κ1) is 18.1. The maximum absolute atomic E-state index is 12.8. The van der Waals surface area contributed by atoms with Crippen LogP contribution in [-0.4, -0.2) is 25.2 Å². The average molecular weight is 370 g/mol. The van der Waals surface area contributed by atoms with E-state index in [0.29, 0.717) is 6.42 Å². The summed E-state index contributed by atoms with van der Waals surface area (Å²) in [6.07, 6.45) is 4.52. The number of methoxy groups -OCH3 is 1. The smallest absolute Gasteiger partial charge is 0.311 e. The maximum Gasteiger partial charge on any atom is 0.311 e. The third-order valence-corrected chi connectivity index (χ3v) is 6.82. The van der Waals surface area contributed by atoms with Gasteiger partial charge < -0.3 is 13.9 Å². The molecule has 0 unspecified atom stereocenters. The summed E-state index contributed by atoms with van der Waals surface area (Å²) >= 11 is 0. The van der Waals surface area contributed by atoms with Gasteiger partial charge in [-0.2, -0.15) is 0 Å². The number of ether oxygens (including phenoxy) is 2. The van der Waals surface area contributed by atoms with Crippen molar-refractivity contribution in [3.63, 3.8) is 0 Å². The van der Waals surface area contributed by atoms with Gasteiger partial charge in [0.2, 0.25) is 0 Å². The van der Waals surface area contributed by atoms with Crippen LogP contribution in [0.1, 0.15) is 51.2 Å². The van der Waals surface area contributed by atoms with Gasteiger partial charge in [-0.1, -0.05) is 13.3 Å². The van der Waals surface area contributed by atoms with Crippen molar-refractivity contribution in [2.45, 2.75) is 58.0 Å². The lowest BCUT2D eigenvalue weighted by molar-refractivity contribution is -0.176. The highest BCUT2D eigenvalue weighted by molar-refractivity contribution is 5.81. The van der Waals surface area contributed by atoms with Crippen molar-refractivity contribution in [1.82, 2.24) is 0 Å². The Morgan fingerprint density at radius 1 is 1.22 bits per heavy atom. The summed E-state index contributed by atoms with van der Waals surface area (Å²) in [5.41, 5.74) is 2.23. The summed E-state index contributed by atoms with van der Waals surface area (Å²) < 4.78 is 16.6. The summed E-state index contributed by atoms with van der Waals surface area (Å²) in [7, 11) is 1.43. The molecule has 1 aromatic heterocycles. The second-order valence-corrected chi connectivity index (χ2v) is 8.48. The lowest BCUT2D eigenvalue weighted by atomic mass is 9.49. The number of carbonyl (C=O) groups is 2. The summed E-state index contributed by atoms with van der Waals surface area (Å²) in [5.74, 6) is -0.680. The van der Waals surface area contributed by atoms with Crippen molar-refractivity contribution < 1.29 is 23.5 Å². The van der Waals surface area contributed by atoms with Gasteiger partial charge in [-0.25, -0.2) is 0 Å². The number of carbonyl (C=O) groups excluding carboxylic acids is 2. The molecule has 2 aliphatic rings. The van der Waals surface area contributed by atoms with E-state index in [4.69, 9.17) is 13.9 Å². The highest BCUT2D eigenvalue weighted by Crippen LogP contribution is 2.58. The Kier molecular flexibility index (Phi) is 4.09. The molecule has 1 saturated carbocycles. The van der Waals surface area contributed by atoms with Crippen molar-refractivity contribution in [1.29, 1.82) is 0 Å². The Labute approximate surface area is 159 Å². The molecule has 2 aliphatic carbocycles. The average Bonchev–Trinajstić information content (AvgIpc) is 3.06. The Morgan fingerprint density at radius 3 is 2.70 bits per heavy atom. The zero-order chi connectivity index (χ0) is 19.4. The lowest BCUT2D eigenvalue weighted by Gasteiger charge is -2.56. The fraction of sp³-hybridized carbons (Fsp3) is 0.545. The number of hydrogen-bond donors (Lipinski definition) is 0. The van der Waals surface area contributed by atoms with Gasteiger partial charge in [-0.05, 0) is 49.1 Å². The van der Waals surface area contributed by atoms with E-state index in [0.717, 1.165) is 30.2 Å². The molecule has 2 aromatic rings. The minimum atomic E-state index is -0.697. The zero-order valence-corrected chi connectivity index (χ0v) is 16.3. The van der Waals surface area contributed by atoms with Gasteiger partial charge in [-0.15, -0.1) is 0 Å². The first-order chi connectivity index (χ1) is 12.8. The number of esters is 2. The van der Waals surface area contributed by atoms with Crippen LogP contribution >= 0.6 is 0 Å². The Bertz CT molecular complexity index is 913. The van der Waals surface area contributed by atoms with Crippen LogP contribution in [0.2, 0.25) is 0 Å². The topological polar surface area (TPSA) is 65.7 Å². The van der Waals surface area contributed by atoms with Gasteiger partial charge in [-0.3, -0.25) is 9.59 Å². The van der Waals surface area contributed by atoms with Gasteiger partial charge >= 0.3 is 11.9 Å². The number of hydrogen-bond acceptors (Lipinski definition) is 5. The van der Waals surface area contributed by atoms with Crippen LogP contribution in [0.25, 0.3) is 11.0 Å². The minimum absolute atomic E-state index is 0.144. The molecule has 0 amide bonds. The normalized spacial score (nSPS) is 32.4. The van der Waals surface area contributed by atoms with Gasteiger partial charge in [0.15, 0.2) is 0 Å². The number of furan rings is 1. The van der Waals surface area contributed by atoms with E-state index in [2.05, 4.69) is 19.1 Å². The predicted molar refractivity (Wildman–Crippen MR) is 100 cm³/mol. The predicted octanol–water partition coefficient (Wildman–Crippen LogP) is 4.16. The molecule has 0 aliphatic heterocycles. The van der Waals surface area contributed by atoms with E-state index < -0.39 is 5.41 Å². The maximum atomic E-state index is 12.8. The van der Waals surface area contributed by atoms with Crippen LogP contribution in [-0.2, 0) is 30.9 Å². The molecule has 0 bridgehead atoms. The van der Waals surface area contributed by atoms with Crippen LogP contribution < -0.4 is 0 Å². The molecule has 1 fully saturated rings. The number of benzene rings is 1. The van der Waals surface area contributed by atoms with Crippen LogP contribution in [0.3, 0.4) is 0 Å². The molecule has 0 spiro atoms. The van der Waals surface area contributed by atoms with E-state index in [1.807, 2.05) is 13.0 Å². The van der Waals surface area contributed by atoms with Gasteiger partial charge in [0.05, 0.1) is 18.8 Å². The van der Waals surface area contributed by atoms with Gasteiger partial charge in [0.1, 0.15) is 11.7 Å². The van der Waals surface area contributed by atoms with Crippen molar-refractivity contribution in [3.8, 4) is 0 Å². The van der Waals surface area contributed by atoms with E-state index >= 15 is 0 Å². The molecule has 0 saturated heterocycles. The van der Waals surface area contributed by atoms with Crippen molar-refractivity contribution in [2.75, 3.05) is 7.11 Å². The molecule has 0 radical (unpaired) electrons. The van der Waals surface area contributed by atoms with E-state index in [9.17, 15) is 9.59 Å².